The van der Waals surface area contributed by atoms with Crippen LogP contribution in [0.15, 0.2) is 5.16 Å². The van der Waals surface area contributed by atoms with E-state index in [0.717, 1.165) is 0 Å². The van der Waals surface area contributed by atoms with Crippen molar-refractivity contribution in [3.8, 4) is 0 Å². The van der Waals surface area contributed by atoms with Crippen LogP contribution in [0.25, 0.3) is 0 Å². The van der Waals surface area contributed by atoms with Gasteiger partial charge in [-0.15, -0.1) is 0 Å². The number of rotatable bonds is 4. The molecule has 0 aromatic carbocycles. The standard InChI is InChI=1S/C5H11NO3/c1-8-3-5(6-7)4-9-2/h7H,3-4H2,1-2H3. The summed E-state index contributed by atoms with van der Waals surface area (Å²) in [5.74, 6) is 0. The quantitative estimate of drug-likeness (QED) is 0.336. The SMILES string of the molecule is COCC(COC)=NO. The minimum Gasteiger partial charge on any atom is -0.411 e. The zero-order valence-corrected chi connectivity index (χ0v) is 5.63. The summed E-state index contributed by atoms with van der Waals surface area (Å²) < 4.78 is 9.35. The van der Waals surface area contributed by atoms with Crippen LogP contribution < -0.4 is 0 Å². The number of oxime groups is 1. The predicted molar refractivity (Wildman–Crippen MR) is 33.0 cm³/mol. The molecule has 4 heteroatoms. The number of methoxy groups -OCH3 is 2. The van der Waals surface area contributed by atoms with Crippen molar-refractivity contribution >= 4 is 5.71 Å². The van der Waals surface area contributed by atoms with Gasteiger partial charge in [0.15, 0.2) is 0 Å². The smallest absolute Gasteiger partial charge is 0.108 e. The van der Waals surface area contributed by atoms with Crippen LogP contribution in [0.1, 0.15) is 0 Å². The van der Waals surface area contributed by atoms with E-state index in [2.05, 4.69) is 14.6 Å². The molecule has 0 aromatic heterocycles. The summed E-state index contributed by atoms with van der Waals surface area (Å²) in [5, 5.41) is 11.2. The number of hydrogen-bond donors (Lipinski definition) is 1. The van der Waals surface area contributed by atoms with Gasteiger partial charge in [0.05, 0.1) is 13.2 Å². The summed E-state index contributed by atoms with van der Waals surface area (Å²) in [6, 6.07) is 0. The van der Waals surface area contributed by atoms with Crippen LogP contribution in [0.2, 0.25) is 0 Å². The lowest BCUT2D eigenvalue weighted by Crippen LogP contribution is -2.13. The van der Waals surface area contributed by atoms with Crippen molar-refractivity contribution in [2.75, 3.05) is 27.4 Å². The van der Waals surface area contributed by atoms with Crippen molar-refractivity contribution in [3.63, 3.8) is 0 Å². The third-order valence-electron chi connectivity index (χ3n) is 0.763. The first kappa shape index (κ1) is 8.39. The Balaban J connectivity index is 3.43. The molecule has 0 saturated heterocycles. The summed E-state index contributed by atoms with van der Waals surface area (Å²) in [6.07, 6.45) is 0. The van der Waals surface area contributed by atoms with Gasteiger partial charge in [-0.3, -0.25) is 0 Å². The summed E-state index contributed by atoms with van der Waals surface area (Å²) in [4.78, 5) is 0. The van der Waals surface area contributed by atoms with E-state index in [1.165, 1.54) is 14.2 Å². The first-order chi connectivity index (χ1) is 4.35. The fraction of sp³-hybridized carbons (Fsp3) is 0.800. The van der Waals surface area contributed by atoms with Gasteiger partial charge in [-0.25, -0.2) is 0 Å². The predicted octanol–water partition coefficient (Wildman–Crippen LogP) is 0.109. The molecular weight excluding hydrogens is 122 g/mol. The molecule has 54 valence electrons. The Morgan fingerprint density at radius 2 is 1.78 bits per heavy atom. The Hall–Kier alpha value is -0.610. The number of hydrogen-bond acceptors (Lipinski definition) is 4. The largest absolute Gasteiger partial charge is 0.411 e. The van der Waals surface area contributed by atoms with Gasteiger partial charge >= 0.3 is 0 Å². The van der Waals surface area contributed by atoms with Gasteiger partial charge in [0.25, 0.3) is 0 Å². The van der Waals surface area contributed by atoms with Gasteiger partial charge in [-0.2, -0.15) is 0 Å². The van der Waals surface area contributed by atoms with Crippen LogP contribution in [-0.2, 0) is 9.47 Å². The van der Waals surface area contributed by atoms with Crippen molar-refractivity contribution in [3.05, 3.63) is 0 Å². The maximum Gasteiger partial charge on any atom is 0.108 e. The minimum absolute atomic E-state index is 0.310. The zero-order chi connectivity index (χ0) is 7.11. The first-order valence-corrected chi connectivity index (χ1v) is 2.52. The molecule has 0 heterocycles. The normalized spacial score (nSPS) is 9.11. The maximum atomic E-state index is 8.22. The second-order valence-electron chi connectivity index (χ2n) is 1.53. The Labute approximate surface area is 54.1 Å². The van der Waals surface area contributed by atoms with Crippen LogP contribution in [-0.4, -0.2) is 38.4 Å². The number of ether oxygens (including phenoxy) is 2. The van der Waals surface area contributed by atoms with Crippen molar-refractivity contribution in [2.45, 2.75) is 0 Å². The number of nitrogens with zero attached hydrogens (tertiary/aromatic N) is 1. The molecular formula is C5H11NO3. The van der Waals surface area contributed by atoms with E-state index in [1.54, 1.807) is 0 Å². The molecule has 0 aliphatic carbocycles. The molecule has 0 aliphatic rings. The van der Waals surface area contributed by atoms with Gasteiger partial charge < -0.3 is 14.7 Å². The third kappa shape index (κ3) is 3.93. The summed E-state index contributed by atoms with van der Waals surface area (Å²) >= 11 is 0. The second kappa shape index (κ2) is 5.53. The molecule has 0 spiro atoms. The Morgan fingerprint density at radius 1 is 1.33 bits per heavy atom. The summed E-state index contributed by atoms with van der Waals surface area (Å²) in [5.41, 5.74) is 0.486. The summed E-state index contributed by atoms with van der Waals surface area (Å²) in [6.45, 7) is 0.620. The lowest BCUT2D eigenvalue weighted by molar-refractivity contribution is 0.205. The third-order valence-corrected chi connectivity index (χ3v) is 0.763. The molecule has 0 unspecified atom stereocenters. The molecule has 4 nitrogen and oxygen atoms in total. The Morgan fingerprint density at radius 3 is 2.00 bits per heavy atom. The molecule has 0 saturated carbocycles. The lowest BCUT2D eigenvalue weighted by Gasteiger charge is -1.99. The van der Waals surface area contributed by atoms with E-state index >= 15 is 0 Å². The van der Waals surface area contributed by atoms with Crippen LogP contribution in [0.5, 0.6) is 0 Å². The highest BCUT2D eigenvalue weighted by atomic mass is 16.5. The average molecular weight is 133 g/mol. The van der Waals surface area contributed by atoms with E-state index < -0.39 is 0 Å². The lowest BCUT2D eigenvalue weighted by atomic mass is 10.4. The van der Waals surface area contributed by atoms with E-state index in [-0.39, 0.29) is 0 Å². The monoisotopic (exact) mass is 133 g/mol. The van der Waals surface area contributed by atoms with E-state index in [4.69, 9.17) is 5.21 Å². The fourth-order valence-electron chi connectivity index (χ4n) is 0.433. The molecule has 0 amide bonds. The topological polar surface area (TPSA) is 51.0 Å². The van der Waals surface area contributed by atoms with Crippen molar-refractivity contribution < 1.29 is 14.7 Å². The molecule has 0 rings (SSSR count). The van der Waals surface area contributed by atoms with E-state index in [1.807, 2.05) is 0 Å². The molecule has 0 fully saturated rings. The Kier molecular flexibility index (Phi) is 5.15. The van der Waals surface area contributed by atoms with Crippen LogP contribution in [0.4, 0.5) is 0 Å². The van der Waals surface area contributed by atoms with E-state index in [9.17, 15) is 0 Å². The van der Waals surface area contributed by atoms with Gasteiger partial charge in [-0.05, 0) is 0 Å². The van der Waals surface area contributed by atoms with Crippen molar-refractivity contribution in [2.24, 2.45) is 5.16 Å². The highest BCUT2D eigenvalue weighted by molar-refractivity contribution is 5.86. The average Bonchev–Trinajstić information content (AvgIpc) is 1.88. The van der Waals surface area contributed by atoms with Crippen LogP contribution in [0.3, 0.4) is 0 Å². The van der Waals surface area contributed by atoms with Crippen molar-refractivity contribution in [1.29, 1.82) is 0 Å². The molecule has 9 heavy (non-hydrogen) atoms. The first-order valence-electron chi connectivity index (χ1n) is 2.52. The molecule has 0 atom stereocenters. The maximum absolute atomic E-state index is 8.22. The van der Waals surface area contributed by atoms with Crippen molar-refractivity contribution in [1.82, 2.24) is 0 Å². The van der Waals surface area contributed by atoms with Gasteiger partial charge in [0.2, 0.25) is 0 Å². The fourth-order valence-corrected chi connectivity index (χ4v) is 0.433. The highest BCUT2D eigenvalue weighted by Crippen LogP contribution is 1.79. The van der Waals surface area contributed by atoms with Gasteiger partial charge in [0.1, 0.15) is 5.71 Å². The second-order valence-corrected chi connectivity index (χ2v) is 1.53. The van der Waals surface area contributed by atoms with Crippen LogP contribution in [0, 0.1) is 0 Å². The molecule has 0 aromatic rings. The molecule has 1 N–H and O–H groups in total. The van der Waals surface area contributed by atoms with Gasteiger partial charge in [-0.1, -0.05) is 5.16 Å². The minimum atomic E-state index is 0.310. The highest BCUT2D eigenvalue weighted by Gasteiger charge is 1.95. The van der Waals surface area contributed by atoms with E-state index in [0.29, 0.717) is 18.9 Å². The molecule has 0 radical (unpaired) electrons. The zero-order valence-electron chi connectivity index (χ0n) is 5.63. The Bertz CT molecular complexity index is 84.2. The summed E-state index contributed by atoms with van der Waals surface area (Å²) in [7, 11) is 3.06. The molecule has 0 bridgehead atoms. The molecule has 0 aliphatic heterocycles. The van der Waals surface area contributed by atoms with Gasteiger partial charge in [0, 0.05) is 14.2 Å². The van der Waals surface area contributed by atoms with Crippen LogP contribution >= 0.6 is 0 Å².